The molecular weight excluding hydrogens is 282 g/mol. The number of benzene rings is 1. The van der Waals surface area contributed by atoms with Crippen molar-refractivity contribution in [1.29, 1.82) is 0 Å². The molecule has 0 amide bonds. The molecule has 0 saturated heterocycles. The minimum Gasteiger partial charge on any atom is -0.507 e. The first kappa shape index (κ1) is 15.8. The lowest BCUT2D eigenvalue weighted by molar-refractivity contribution is 0.130. The van der Waals surface area contributed by atoms with E-state index < -0.39 is 5.63 Å². The van der Waals surface area contributed by atoms with Gasteiger partial charge in [-0.2, -0.15) is 0 Å². The summed E-state index contributed by atoms with van der Waals surface area (Å²) < 4.78 is 5.13. The number of hydrogen-bond donors (Lipinski definition) is 1. The zero-order valence-electron chi connectivity index (χ0n) is 12.7. The predicted molar refractivity (Wildman–Crippen MR) is 84.1 cm³/mol. The molecular formula is C17H19NO4. The highest BCUT2D eigenvalue weighted by Crippen LogP contribution is 2.18. The topological polar surface area (TPSA) is 72.0 Å². The van der Waals surface area contributed by atoms with Gasteiger partial charge in [-0.25, -0.2) is 4.79 Å². The Labute approximate surface area is 128 Å². The standard InChI is InChI=1S/C17H19NO4/c1-3-13-10-15(19)16(17(20)22-13)14(4-2)18-21-11-12-8-6-5-7-9-12/h5-10,19H,3-4,11H2,1-2H3. The van der Waals surface area contributed by atoms with Gasteiger partial charge in [-0.05, 0) is 12.0 Å². The van der Waals surface area contributed by atoms with E-state index in [0.717, 1.165) is 5.56 Å². The molecule has 1 N–H and O–H groups in total. The highest BCUT2D eigenvalue weighted by molar-refractivity contribution is 6.01. The van der Waals surface area contributed by atoms with Crippen LogP contribution in [0.25, 0.3) is 0 Å². The third kappa shape index (κ3) is 3.75. The SMILES string of the molecule is CCC(=NOCc1ccccc1)c1c(O)cc(CC)oc1=O. The maximum atomic E-state index is 12.0. The summed E-state index contributed by atoms with van der Waals surface area (Å²) in [5.74, 6) is 0.309. The van der Waals surface area contributed by atoms with Crippen LogP contribution < -0.4 is 5.63 Å². The molecule has 5 heteroatoms. The molecule has 5 nitrogen and oxygen atoms in total. The van der Waals surface area contributed by atoms with Gasteiger partial charge in [0, 0.05) is 12.5 Å². The zero-order valence-corrected chi connectivity index (χ0v) is 12.7. The maximum Gasteiger partial charge on any atom is 0.349 e. The number of aromatic hydroxyl groups is 1. The molecule has 0 aliphatic carbocycles. The fourth-order valence-electron chi connectivity index (χ4n) is 2.01. The molecule has 0 radical (unpaired) electrons. The Morgan fingerprint density at radius 3 is 2.59 bits per heavy atom. The number of nitrogens with zero attached hydrogens (tertiary/aromatic N) is 1. The van der Waals surface area contributed by atoms with Crippen molar-refractivity contribution in [2.24, 2.45) is 5.16 Å². The van der Waals surface area contributed by atoms with Crippen molar-refractivity contribution < 1.29 is 14.4 Å². The Kier molecular flexibility index (Phi) is 5.36. The molecule has 116 valence electrons. The van der Waals surface area contributed by atoms with Crippen LogP contribution in [-0.2, 0) is 17.9 Å². The molecule has 1 heterocycles. The number of hydrogen-bond acceptors (Lipinski definition) is 5. The lowest BCUT2D eigenvalue weighted by Crippen LogP contribution is -2.15. The number of oxime groups is 1. The van der Waals surface area contributed by atoms with E-state index in [-0.39, 0.29) is 11.3 Å². The molecule has 2 aromatic rings. The van der Waals surface area contributed by atoms with E-state index in [2.05, 4.69) is 5.16 Å². The third-order valence-corrected chi connectivity index (χ3v) is 3.20. The third-order valence-electron chi connectivity index (χ3n) is 3.20. The second-order valence-electron chi connectivity index (χ2n) is 4.76. The van der Waals surface area contributed by atoms with Gasteiger partial charge in [0.1, 0.15) is 23.7 Å². The Bertz CT molecular complexity index is 704. The summed E-state index contributed by atoms with van der Waals surface area (Å²) in [6.07, 6.45) is 0.977. The van der Waals surface area contributed by atoms with Crippen LogP contribution in [0.4, 0.5) is 0 Å². The highest BCUT2D eigenvalue weighted by Gasteiger charge is 2.16. The Balaban J connectivity index is 2.21. The van der Waals surface area contributed by atoms with E-state index in [0.29, 0.717) is 30.9 Å². The van der Waals surface area contributed by atoms with E-state index in [1.54, 1.807) is 0 Å². The van der Waals surface area contributed by atoms with E-state index in [4.69, 9.17) is 9.25 Å². The number of aryl methyl sites for hydroxylation is 1. The van der Waals surface area contributed by atoms with Crippen LogP contribution in [0.1, 0.15) is 37.2 Å². The second-order valence-corrected chi connectivity index (χ2v) is 4.76. The summed E-state index contributed by atoms with van der Waals surface area (Å²) >= 11 is 0. The van der Waals surface area contributed by atoms with Gasteiger partial charge in [0.25, 0.3) is 0 Å². The Hall–Kier alpha value is -2.56. The Morgan fingerprint density at radius 2 is 2.00 bits per heavy atom. The van der Waals surface area contributed by atoms with E-state index in [9.17, 15) is 9.90 Å². The van der Waals surface area contributed by atoms with Crippen molar-refractivity contribution in [2.75, 3.05) is 0 Å². The average molecular weight is 301 g/mol. The molecule has 0 fully saturated rings. The first-order valence-corrected chi connectivity index (χ1v) is 7.24. The second kappa shape index (κ2) is 7.45. The fourth-order valence-corrected chi connectivity index (χ4v) is 2.01. The van der Waals surface area contributed by atoms with Crippen LogP contribution in [0.3, 0.4) is 0 Å². The summed E-state index contributed by atoms with van der Waals surface area (Å²) in [6.45, 7) is 3.97. The predicted octanol–water partition coefficient (Wildman–Crippen LogP) is 3.24. The lowest BCUT2D eigenvalue weighted by Gasteiger charge is -2.07. The highest BCUT2D eigenvalue weighted by atomic mass is 16.6. The molecule has 0 aliphatic rings. The summed E-state index contributed by atoms with van der Waals surface area (Å²) in [6, 6.07) is 11.0. The van der Waals surface area contributed by atoms with Crippen LogP contribution in [0, 0.1) is 0 Å². The molecule has 2 rings (SSSR count). The van der Waals surface area contributed by atoms with Crippen molar-refractivity contribution in [1.82, 2.24) is 0 Å². The van der Waals surface area contributed by atoms with Crippen LogP contribution in [0.2, 0.25) is 0 Å². The van der Waals surface area contributed by atoms with Gasteiger partial charge < -0.3 is 14.4 Å². The van der Waals surface area contributed by atoms with Crippen molar-refractivity contribution >= 4 is 5.71 Å². The monoisotopic (exact) mass is 301 g/mol. The van der Waals surface area contributed by atoms with Crippen LogP contribution in [0.15, 0.2) is 50.8 Å². The van der Waals surface area contributed by atoms with E-state index in [1.165, 1.54) is 6.07 Å². The maximum absolute atomic E-state index is 12.0. The summed E-state index contributed by atoms with van der Waals surface area (Å²) in [4.78, 5) is 17.3. The van der Waals surface area contributed by atoms with Gasteiger partial charge in [0.2, 0.25) is 0 Å². The van der Waals surface area contributed by atoms with E-state index >= 15 is 0 Å². The first-order valence-electron chi connectivity index (χ1n) is 7.24. The van der Waals surface area contributed by atoms with Gasteiger partial charge in [-0.15, -0.1) is 0 Å². The average Bonchev–Trinajstić information content (AvgIpc) is 2.53. The van der Waals surface area contributed by atoms with Gasteiger partial charge in [0.05, 0.1) is 5.71 Å². The molecule has 22 heavy (non-hydrogen) atoms. The Morgan fingerprint density at radius 1 is 1.27 bits per heavy atom. The molecule has 1 aromatic heterocycles. The van der Waals surface area contributed by atoms with Crippen LogP contribution in [-0.4, -0.2) is 10.8 Å². The quantitative estimate of drug-likeness (QED) is 0.656. The normalized spacial score (nSPS) is 11.5. The van der Waals surface area contributed by atoms with Gasteiger partial charge in [-0.3, -0.25) is 0 Å². The minimum absolute atomic E-state index is 0.0627. The fraction of sp³-hybridized carbons (Fsp3) is 0.294. The summed E-state index contributed by atoms with van der Waals surface area (Å²) in [5.41, 5.74) is 0.803. The molecule has 0 saturated carbocycles. The van der Waals surface area contributed by atoms with Gasteiger partial charge >= 0.3 is 5.63 Å². The van der Waals surface area contributed by atoms with Crippen LogP contribution in [0.5, 0.6) is 5.75 Å². The number of rotatable bonds is 6. The van der Waals surface area contributed by atoms with Crippen molar-refractivity contribution in [3.05, 3.63) is 63.7 Å². The first-order chi connectivity index (χ1) is 10.7. The molecule has 0 atom stereocenters. The van der Waals surface area contributed by atoms with Crippen molar-refractivity contribution in [3.63, 3.8) is 0 Å². The molecule has 0 spiro atoms. The van der Waals surface area contributed by atoms with Gasteiger partial charge in [0.15, 0.2) is 0 Å². The zero-order chi connectivity index (χ0) is 15.9. The van der Waals surface area contributed by atoms with Crippen molar-refractivity contribution in [3.8, 4) is 5.75 Å². The van der Waals surface area contributed by atoms with Crippen LogP contribution >= 0.6 is 0 Å². The van der Waals surface area contributed by atoms with Gasteiger partial charge in [-0.1, -0.05) is 49.3 Å². The molecule has 0 aliphatic heterocycles. The largest absolute Gasteiger partial charge is 0.507 e. The molecule has 0 bridgehead atoms. The van der Waals surface area contributed by atoms with E-state index in [1.807, 2.05) is 44.2 Å². The lowest BCUT2D eigenvalue weighted by atomic mass is 10.1. The summed E-state index contributed by atoms with van der Waals surface area (Å²) in [7, 11) is 0. The van der Waals surface area contributed by atoms with Crippen molar-refractivity contribution in [2.45, 2.75) is 33.3 Å². The molecule has 0 unspecified atom stereocenters. The summed E-state index contributed by atoms with van der Waals surface area (Å²) in [5, 5.41) is 14.0. The minimum atomic E-state index is -0.597. The molecule has 1 aromatic carbocycles. The smallest absolute Gasteiger partial charge is 0.349 e.